The largest absolute Gasteiger partial charge is 0.444 e. The maximum Gasteiger partial charge on any atom is 0.407 e. The van der Waals surface area contributed by atoms with E-state index in [4.69, 9.17) is 4.74 Å². The molecule has 6 heteroatoms. The van der Waals surface area contributed by atoms with Crippen molar-refractivity contribution in [2.24, 2.45) is 0 Å². The molecule has 0 aromatic carbocycles. The molecule has 18 heavy (non-hydrogen) atoms. The summed E-state index contributed by atoms with van der Waals surface area (Å²) in [5.74, 6) is 0.793. The van der Waals surface area contributed by atoms with E-state index >= 15 is 0 Å². The highest BCUT2D eigenvalue weighted by molar-refractivity contribution is 14.1. The van der Waals surface area contributed by atoms with Gasteiger partial charge in [0.2, 0.25) is 0 Å². The topological polar surface area (TPSA) is 63.2 Å². The molecule has 2 N–H and O–H groups in total. The summed E-state index contributed by atoms with van der Waals surface area (Å²) >= 11 is 2.20. The number of pyridine rings is 1. The minimum Gasteiger partial charge on any atom is -0.444 e. The molecule has 0 saturated carbocycles. The fraction of sp³-hybridized carbons (Fsp3) is 0.500. The maximum absolute atomic E-state index is 11.3. The molecular weight excluding hydrogens is 345 g/mol. The van der Waals surface area contributed by atoms with Gasteiger partial charge in [0.05, 0.1) is 0 Å². The van der Waals surface area contributed by atoms with Crippen molar-refractivity contribution in [3.8, 4) is 0 Å². The lowest BCUT2D eigenvalue weighted by Gasteiger charge is -2.19. The lowest BCUT2D eigenvalue weighted by atomic mass is 10.2. The van der Waals surface area contributed by atoms with Crippen molar-refractivity contribution < 1.29 is 9.53 Å². The molecule has 1 aromatic heterocycles. The van der Waals surface area contributed by atoms with Crippen LogP contribution in [0.2, 0.25) is 0 Å². The number of amides is 1. The Hall–Kier alpha value is -1.05. The van der Waals surface area contributed by atoms with Gasteiger partial charge in [0.1, 0.15) is 11.4 Å². The zero-order valence-corrected chi connectivity index (χ0v) is 12.9. The van der Waals surface area contributed by atoms with Gasteiger partial charge in [-0.25, -0.2) is 9.78 Å². The molecule has 1 amide bonds. The minimum atomic E-state index is -0.463. The van der Waals surface area contributed by atoms with Gasteiger partial charge in [-0.15, -0.1) is 0 Å². The second kappa shape index (κ2) is 6.77. The molecule has 5 nitrogen and oxygen atoms in total. The lowest BCUT2D eigenvalue weighted by molar-refractivity contribution is 0.0530. The van der Waals surface area contributed by atoms with E-state index in [1.807, 2.05) is 32.9 Å². The van der Waals surface area contributed by atoms with Crippen molar-refractivity contribution in [2.75, 3.05) is 18.4 Å². The number of halogens is 1. The minimum absolute atomic E-state index is 0.403. The Labute approximate surface area is 121 Å². The van der Waals surface area contributed by atoms with E-state index in [-0.39, 0.29) is 0 Å². The van der Waals surface area contributed by atoms with Gasteiger partial charge in [-0.2, -0.15) is 0 Å². The number of nitrogens with zero attached hydrogens (tertiary/aromatic N) is 1. The van der Waals surface area contributed by atoms with Crippen molar-refractivity contribution in [3.63, 3.8) is 0 Å². The van der Waals surface area contributed by atoms with Gasteiger partial charge in [-0.1, -0.05) is 0 Å². The van der Waals surface area contributed by atoms with Crippen LogP contribution in [0.3, 0.4) is 0 Å². The molecule has 0 unspecified atom stereocenters. The van der Waals surface area contributed by atoms with Crippen LogP contribution in [0.4, 0.5) is 10.6 Å². The normalized spacial score (nSPS) is 10.9. The summed E-state index contributed by atoms with van der Waals surface area (Å²) in [7, 11) is 0. The van der Waals surface area contributed by atoms with E-state index in [9.17, 15) is 4.79 Å². The van der Waals surface area contributed by atoms with Crippen LogP contribution in [0.1, 0.15) is 20.8 Å². The number of alkyl carbamates (subject to hydrolysis) is 1. The number of nitrogens with one attached hydrogen (secondary N) is 2. The Kier molecular flexibility index (Phi) is 5.64. The third-order valence-corrected chi connectivity index (χ3v) is 2.46. The molecule has 0 fully saturated rings. The van der Waals surface area contributed by atoms with E-state index < -0.39 is 11.7 Å². The Morgan fingerprint density at radius 2 is 2.11 bits per heavy atom. The summed E-state index contributed by atoms with van der Waals surface area (Å²) in [6.07, 6.45) is 1.38. The average Bonchev–Trinajstić information content (AvgIpc) is 2.24. The Morgan fingerprint density at radius 1 is 1.39 bits per heavy atom. The number of hydrogen-bond donors (Lipinski definition) is 2. The Bertz CT molecular complexity index is 387. The van der Waals surface area contributed by atoms with Gasteiger partial charge in [0.15, 0.2) is 0 Å². The fourth-order valence-corrected chi connectivity index (χ4v) is 1.47. The summed E-state index contributed by atoms with van der Waals surface area (Å²) in [6, 6.07) is 3.87. The Balaban J connectivity index is 2.19. The van der Waals surface area contributed by atoms with Crippen LogP contribution < -0.4 is 10.6 Å². The zero-order valence-electron chi connectivity index (χ0n) is 10.8. The van der Waals surface area contributed by atoms with Crippen LogP contribution in [0.5, 0.6) is 0 Å². The fourth-order valence-electron chi connectivity index (χ4n) is 1.15. The van der Waals surface area contributed by atoms with Crippen LogP contribution in [0, 0.1) is 3.57 Å². The van der Waals surface area contributed by atoms with Gasteiger partial charge in [0.25, 0.3) is 0 Å². The maximum atomic E-state index is 11.3. The molecule has 0 atom stereocenters. The number of carbonyl (C=O) groups is 1. The molecule has 1 heterocycles. The first-order valence-corrected chi connectivity index (χ1v) is 6.77. The quantitative estimate of drug-likeness (QED) is 0.638. The number of hydrogen-bond acceptors (Lipinski definition) is 4. The smallest absolute Gasteiger partial charge is 0.407 e. The monoisotopic (exact) mass is 363 g/mol. The van der Waals surface area contributed by atoms with Crippen molar-refractivity contribution in [1.82, 2.24) is 10.3 Å². The van der Waals surface area contributed by atoms with Crippen LogP contribution in [-0.4, -0.2) is 29.8 Å². The molecular formula is C12H18IN3O2. The number of anilines is 1. The highest BCUT2D eigenvalue weighted by Gasteiger charge is 2.15. The first-order valence-electron chi connectivity index (χ1n) is 5.69. The number of aromatic nitrogens is 1. The number of ether oxygens (including phenoxy) is 1. The summed E-state index contributed by atoms with van der Waals surface area (Å²) in [4.78, 5) is 15.5. The summed E-state index contributed by atoms with van der Waals surface area (Å²) in [5.41, 5.74) is -0.463. The highest BCUT2D eigenvalue weighted by atomic mass is 127. The predicted molar refractivity (Wildman–Crippen MR) is 79.7 cm³/mol. The van der Waals surface area contributed by atoms with Crippen molar-refractivity contribution in [3.05, 3.63) is 21.9 Å². The molecule has 0 saturated heterocycles. The average molecular weight is 363 g/mol. The molecule has 1 rings (SSSR count). The van der Waals surface area contributed by atoms with E-state index in [2.05, 4.69) is 38.2 Å². The van der Waals surface area contributed by atoms with Crippen LogP contribution >= 0.6 is 22.6 Å². The molecule has 0 aliphatic heterocycles. The third kappa shape index (κ3) is 6.63. The summed E-state index contributed by atoms with van der Waals surface area (Å²) < 4.78 is 6.20. The molecule has 0 radical (unpaired) electrons. The standard InChI is InChI=1S/C12H18IN3O2/c1-12(2,3)18-11(17)15-7-6-14-10-5-4-9(13)8-16-10/h4-5,8H,6-7H2,1-3H3,(H,14,16)(H,15,17). The zero-order chi connectivity index (χ0) is 13.6. The summed E-state index contributed by atoms with van der Waals surface area (Å²) in [6.45, 7) is 6.59. The van der Waals surface area contributed by atoms with E-state index in [0.29, 0.717) is 13.1 Å². The lowest BCUT2D eigenvalue weighted by Crippen LogP contribution is -2.35. The molecule has 0 aliphatic rings. The number of carbonyl (C=O) groups excluding carboxylic acids is 1. The van der Waals surface area contributed by atoms with Crippen LogP contribution in [0.15, 0.2) is 18.3 Å². The van der Waals surface area contributed by atoms with Gasteiger partial charge < -0.3 is 15.4 Å². The first-order chi connectivity index (χ1) is 8.37. The molecule has 0 spiro atoms. The van der Waals surface area contributed by atoms with Crippen molar-refractivity contribution >= 4 is 34.5 Å². The second-order valence-electron chi connectivity index (χ2n) is 4.72. The number of rotatable bonds is 4. The van der Waals surface area contributed by atoms with E-state index in [1.165, 1.54) is 0 Å². The van der Waals surface area contributed by atoms with Gasteiger partial charge in [-0.05, 0) is 55.5 Å². The van der Waals surface area contributed by atoms with E-state index in [0.717, 1.165) is 9.39 Å². The van der Waals surface area contributed by atoms with Crippen LogP contribution in [0.25, 0.3) is 0 Å². The first kappa shape index (κ1) is 15.0. The Morgan fingerprint density at radius 3 is 2.67 bits per heavy atom. The molecule has 0 bridgehead atoms. The predicted octanol–water partition coefficient (Wildman–Crippen LogP) is 2.62. The molecule has 1 aromatic rings. The van der Waals surface area contributed by atoms with Gasteiger partial charge in [0, 0.05) is 22.9 Å². The molecule has 0 aliphatic carbocycles. The van der Waals surface area contributed by atoms with Crippen molar-refractivity contribution in [1.29, 1.82) is 0 Å². The van der Waals surface area contributed by atoms with Gasteiger partial charge >= 0.3 is 6.09 Å². The molecule has 100 valence electrons. The highest BCUT2D eigenvalue weighted by Crippen LogP contribution is 2.07. The summed E-state index contributed by atoms with van der Waals surface area (Å²) in [5, 5.41) is 5.77. The van der Waals surface area contributed by atoms with Crippen molar-refractivity contribution in [2.45, 2.75) is 26.4 Å². The SMILES string of the molecule is CC(C)(C)OC(=O)NCCNc1ccc(I)cn1. The van der Waals surface area contributed by atoms with E-state index in [1.54, 1.807) is 6.20 Å². The van der Waals surface area contributed by atoms with Crippen LogP contribution in [-0.2, 0) is 4.74 Å². The second-order valence-corrected chi connectivity index (χ2v) is 5.96. The van der Waals surface area contributed by atoms with Gasteiger partial charge in [-0.3, -0.25) is 0 Å². The third-order valence-electron chi connectivity index (χ3n) is 1.83.